The van der Waals surface area contributed by atoms with Gasteiger partial charge in [-0.25, -0.2) is 4.39 Å². The molecule has 5 heteroatoms. The summed E-state index contributed by atoms with van der Waals surface area (Å²) in [5.74, 6) is 0.252. The number of benzene rings is 3. The van der Waals surface area contributed by atoms with Gasteiger partial charge in [-0.15, -0.1) is 10.2 Å². The zero-order chi connectivity index (χ0) is 17.2. The quantitative estimate of drug-likeness (QED) is 0.459. The lowest BCUT2D eigenvalue weighted by atomic mass is 10.0. The molecule has 25 heavy (non-hydrogen) atoms. The number of hydrogen-bond donors (Lipinski definition) is 0. The number of halogens is 2. The Morgan fingerprint density at radius 3 is 2.00 bits per heavy atom. The second-order valence-electron chi connectivity index (χ2n) is 5.52. The highest BCUT2D eigenvalue weighted by molar-refractivity contribution is 9.10. The van der Waals surface area contributed by atoms with Crippen molar-refractivity contribution in [3.8, 4) is 28.2 Å². The maximum atomic E-state index is 14.2. The third-order valence-corrected chi connectivity index (χ3v) is 4.48. The maximum Gasteiger partial charge on any atom is 0.205 e. The summed E-state index contributed by atoms with van der Waals surface area (Å²) < 4.78 is 16.3. The first kappa shape index (κ1) is 15.7. The molecule has 122 valence electrons. The van der Waals surface area contributed by atoms with E-state index < -0.39 is 0 Å². The lowest BCUT2D eigenvalue weighted by Crippen LogP contribution is -2.00. The summed E-state index contributed by atoms with van der Waals surface area (Å²) in [5.41, 5.74) is 3.52. The lowest BCUT2D eigenvalue weighted by Gasteiger charge is -2.09. The topological polar surface area (TPSA) is 30.7 Å². The molecule has 4 rings (SSSR count). The molecule has 4 aromatic rings. The molecule has 0 atom stereocenters. The van der Waals surface area contributed by atoms with Crippen molar-refractivity contribution in [2.45, 2.75) is 0 Å². The first-order chi connectivity index (χ1) is 12.2. The van der Waals surface area contributed by atoms with E-state index in [9.17, 15) is 4.39 Å². The molecule has 0 aliphatic carbocycles. The Hall–Kier alpha value is -2.79. The maximum absolute atomic E-state index is 14.2. The average molecular weight is 394 g/mol. The summed E-state index contributed by atoms with van der Waals surface area (Å²) in [6.07, 6.45) is 0. The first-order valence-electron chi connectivity index (χ1n) is 7.76. The molecule has 0 aliphatic heterocycles. The van der Waals surface area contributed by atoms with E-state index in [1.54, 1.807) is 22.8 Å². The molecule has 3 aromatic carbocycles. The molecule has 0 saturated heterocycles. The Balaban J connectivity index is 1.78. The van der Waals surface area contributed by atoms with Gasteiger partial charge in [0.2, 0.25) is 4.73 Å². The molecule has 0 saturated carbocycles. The number of hydrogen-bond acceptors (Lipinski definition) is 2. The van der Waals surface area contributed by atoms with Crippen molar-refractivity contribution < 1.29 is 4.39 Å². The minimum atomic E-state index is -0.329. The molecule has 3 nitrogen and oxygen atoms in total. The highest BCUT2D eigenvalue weighted by Gasteiger charge is 2.16. The van der Waals surface area contributed by atoms with Gasteiger partial charge < -0.3 is 0 Å². The van der Waals surface area contributed by atoms with Crippen LogP contribution in [0.15, 0.2) is 83.6 Å². The largest absolute Gasteiger partial charge is 0.267 e. The highest BCUT2D eigenvalue weighted by Crippen LogP contribution is 2.28. The van der Waals surface area contributed by atoms with E-state index >= 15 is 0 Å². The second-order valence-corrected chi connectivity index (χ2v) is 6.23. The van der Waals surface area contributed by atoms with Gasteiger partial charge in [-0.2, -0.15) is 0 Å². The molecule has 0 spiro atoms. The smallest absolute Gasteiger partial charge is 0.205 e. The molecule has 0 radical (unpaired) electrons. The van der Waals surface area contributed by atoms with Crippen molar-refractivity contribution in [3.05, 3.63) is 89.4 Å². The zero-order valence-electron chi connectivity index (χ0n) is 13.1. The monoisotopic (exact) mass is 393 g/mol. The van der Waals surface area contributed by atoms with Gasteiger partial charge in [-0.05, 0) is 39.2 Å². The normalized spacial score (nSPS) is 10.8. The highest BCUT2D eigenvalue weighted by atomic mass is 79.9. The van der Waals surface area contributed by atoms with Crippen molar-refractivity contribution in [2.75, 3.05) is 0 Å². The van der Waals surface area contributed by atoms with E-state index in [1.807, 2.05) is 42.5 Å². The van der Waals surface area contributed by atoms with Crippen molar-refractivity contribution in [1.82, 2.24) is 14.8 Å². The van der Waals surface area contributed by atoms with E-state index in [1.165, 1.54) is 6.07 Å². The van der Waals surface area contributed by atoms with Gasteiger partial charge in [0.05, 0.1) is 5.69 Å². The minimum Gasteiger partial charge on any atom is -0.267 e. The fraction of sp³-hybridized carbons (Fsp3) is 0. The van der Waals surface area contributed by atoms with Crippen molar-refractivity contribution in [3.63, 3.8) is 0 Å². The van der Waals surface area contributed by atoms with Gasteiger partial charge in [-0.3, -0.25) is 4.57 Å². The van der Waals surface area contributed by atoms with Crippen LogP contribution < -0.4 is 0 Å². The van der Waals surface area contributed by atoms with E-state index in [4.69, 9.17) is 0 Å². The Kier molecular flexibility index (Phi) is 4.15. The molecule has 0 amide bonds. The number of nitrogens with zero attached hydrogens (tertiary/aromatic N) is 3. The van der Waals surface area contributed by atoms with E-state index in [2.05, 4.69) is 38.3 Å². The van der Waals surface area contributed by atoms with Crippen LogP contribution in [0.4, 0.5) is 4.39 Å². The Labute approximate surface area is 152 Å². The minimum absolute atomic E-state index is 0.329. The van der Waals surface area contributed by atoms with Gasteiger partial charge in [0, 0.05) is 5.56 Å². The number of para-hydroxylation sites is 1. The third kappa shape index (κ3) is 2.98. The molecule has 0 aliphatic rings. The third-order valence-electron chi connectivity index (χ3n) is 3.97. The molecule has 0 N–H and O–H groups in total. The van der Waals surface area contributed by atoms with Crippen LogP contribution in [0.5, 0.6) is 0 Å². The second kappa shape index (κ2) is 6.61. The Morgan fingerprint density at radius 1 is 0.680 bits per heavy atom. The fourth-order valence-electron chi connectivity index (χ4n) is 2.74. The van der Waals surface area contributed by atoms with Crippen LogP contribution in [0.2, 0.25) is 0 Å². The van der Waals surface area contributed by atoms with Crippen molar-refractivity contribution in [1.29, 1.82) is 0 Å². The predicted molar refractivity (Wildman–Crippen MR) is 99.9 cm³/mol. The molecular weight excluding hydrogens is 381 g/mol. The van der Waals surface area contributed by atoms with Gasteiger partial charge in [0.15, 0.2) is 5.82 Å². The number of rotatable bonds is 3. The van der Waals surface area contributed by atoms with Crippen LogP contribution in [0.3, 0.4) is 0 Å². The van der Waals surface area contributed by atoms with E-state index in [0.29, 0.717) is 16.2 Å². The summed E-state index contributed by atoms with van der Waals surface area (Å²) >= 11 is 3.36. The van der Waals surface area contributed by atoms with Crippen LogP contribution in [-0.2, 0) is 0 Å². The Morgan fingerprint density at radius 2 is 1.28 bits per heavy atom. The molecular formula is C20H13BrFN3. The molecule has 0 unspecified atom stereocenters. The molecule has 1 aromatic heterocycles. The van der Waals surface area contributed by atoms with Crippen LogP contribution in [0.25, 0.3) is 28.2 Å². The van der Waals surface area contributed by atoms with Crippen LogP contribution >= 0.6 is 15.9 Å². The van der Waals surface area contributed by atoms with Gasteiger partial charge >= 0.3 is 0 Å². The SMILES string of the molecule is Fc1ccccc1-n1c(Br)nnc1-c1ccc(-c2ccccc2)cc1. The fourth-order valence-corrected chi connectivity index (χ4v) is 3.18. The average Bonchev–Trinajstić information content (AvgIpc) is 3.04. The van der Waals surface area contributed by atoms with Crippen molar-refractivity contribution >= 4 is 15.9 Å². The lowest BCUT2D eigenvalue weighted by molar-refractivity contribution is 0.617. The summed E-state index contributed by atoms with van der Waals surface area (Å²) in [4.78, 5) is 0. The van der Waals surface area contributed by atoms with Crippen molar-refractivity contribution in [2.24, 2.45) is 0 Å². The summed E-state index contributed by atoms with van der Waals surface area (Å²) in [7, 11) is 0. The standard InChI is InChI=1S/C20H13BrFN3/c21-20-24-23-19(25(20)18-9-5-4-8-17(18)22)16-12-10-15(11-13-16)14-6-2-1-3-7-14/h1-13H. The molecule has 1 heterocycles. The summed E-state index contributed by atoms with van der Waals surface area (Å²) in [6, 6.07) is 24.7. The van der Waals surface area contributed by atoms with Crippen LogP contribution in [-0.4, -0.2) is 14.8 Å². The molecule has 0 fully saturated rings. The first-order valence-corrected chi connectivity index (χ1v) is 8.55. The van der Waals surface area contributed by atoms with Crippen LogP contribution in [0.1, 0.15) is 0 Å². The Bertz CT molecular complexity index is 1010. The van der Waals surface area contributed by atoms with E-state index in [-0.39, 0.29) is 5.82 Å². The predicted octanol–water partition coefficient (Wildman–Crippen LogP) is 5.50. The summed E-state index contributed by atoms with van der Waals surface area (Å²) in [5, 5.41) is 8.26. The van der Waals surface area contributed by atoms with Crippen LogP contribution in [0, 0.1) is 5.82 Å². The number of aromatic nitrogens is 3. The summed E-state index contributed by atoms with van der Waals surface area (Å²) in [6.45, 7) is 0. The molecule has 0 bridgehead atoms. The van der Waals surface area contributed by atoms with Gasteiger partial charge in [-0.1, -0.05) is 66.7 Å². The van der Waals surface area contributed by atoms with E-state index in [0.717, 1.165) is 16.7 Å². The zero-order valence-corrected chi connectivity index (χ0v) is 14.7. The van der Waals surface area contributed by atoms with Gasteiger partial charge in [0.25, 0.3) is 0 Å². The van der Waals surface area contributed by atoms with Gasteiger partial charge in [0.1, 0.15) is 5.82 Å².